The highest BCUT2D eigenvalue weighted by Gasteiger charge is 2.34. The number of hydrogen-bond donors (Lipinski definition) is 2. The van der Waals surface area contributed by atoms with E-state index in [0.717, 1.165) is 25.8 Å². The zero-order chi connectivity index (χ0) is 12.8. The molecule has 3 heteroatoms. The number of rotatable bonds is 5. The van der Waals surface area contributed by atoms with E-state index < -0.39 is 0 Å². The van der Waals surface area contributed by atoms with Crippen LogP contribution in [0.5, 0.6) is 0 Å². The Bertz CT molecular complexity index is 355. The Labute approximate surface area is 110 Å². The third kappa shape index (κ3) is 3.31. The van der Waals surface area contributed by atoms with Crippen LogP contribution in [0.25, 0.3) is 0 Å². The molecule has 1 aliphatic carbocycles. The van der Waals surface area contributed by atoms with Gasteiger partial charge in [0, 0.05) is 25.7 Å². The van der Waals surface area contributed by atoms with E-state index in [0.29, 0.717) is 12.6 Å². The number of nitrogens with two attached hydrogens (primary N) is 1. The summed E-state index contributed by atoms with van der Waals surface area (Å²) in [5, 5.41) is 3.66. The van der Waals surface area contributed by atoms with Crippen molar-refractivity contribution in [2.45, 2.75) is 43.9 Å². The average molecular weight is 248 g/mol. The predicted molar refractivity (Wildman–Crippen MR) is 74.3 cm³/mol. The van der Waals surface area contributed by atoms with Crippen molar-refractivity contribution in [2.75, 3.05) is 13.7 Å². The summed E-state index contributed by atoms with van der Waals surface area (Å²) in [7, 11) is 1.80. The average Bonchev–Trinajstić information content (AvgIpc) is 2.46. The first kappa shape index (κ1) is 13.5. The van der Waals surface area contributed by atoms with Gasteiger partial charge in [0.25, 0.3) is 0 Å². The largest absolute Gasteiger partial charge is 0.381 e. The first-order chi connectivity index (χ1) is 8.78. The minimum atomic E-state index is 0.0504. The molecule has 1 aromatic rings. The van der Waals surface area contributed by atoms with Crippen LogP contribution >= 0.6 is 0 Å². The maximum absolute atomic E-state index is 6.00. The van der Waals surface area contributed by atoms with Crippen molar-refractivity contribution in [2.24, 2.45) is 5.73 Å². The molecule has 3 N–H and O–H groups in total. The number of hydrogen-bond acceptors (Lipinski definition) is 3. The molecule has 0 bridgehead atoms. The molecule has 0 radical (unpaired) electrons. The molecule has 100 valence electrons. The Balaban J connectivity index is 1.95. The molecule has 0 heterocycles. The van der Waals surface area contributed by atoms with Crippen molar-refractivity contribution >= 4 is 0 Å². The van der Waals surface area contributed by atoms with Crippen LogP contribution in [0.3, 0.4) is 0 Å². The predicted octanol–water partition coefficient (Wildman–Crippen LogP) is 2.06. The summed E-state index contributed by atoms with van der Waals surface area (Å²) in [5.41, 5.74) is 7.36. The van der Waals surface area contributed by atoms with Crippen LogP contribution in [0.4, 0.5) is 0 Å². The topological polar surface area (TPSA) is 47.3 Å². The molecule has 0 saturated heterocycles. The number of ether oxygens (including phenoxy) is 1. The molecule has 1 fully saturated rings. The lowest BCUT2D eigenvalue weighted by Gasteiger charge is -2.40. The second kappa shape index (κ2) is 6.32. The third-order valence-corrected chi connectivity index (χ3v) is 4.03. The summed E-state index contributed by atoms with van der Waals surface area (Å²) >= 11 is 0. The standard InChI is InChI=1S/C15H24N2O/c1-18-14-8-5-9-15(10-14,12-16)17-11-13-6-3-2-4-7-13/h2-4,6-7,14,17H,5,8-12,16H2,1H3. The van der Waals surface area contributed by atoms with Crippen LogP contribution in [-0.2, 0) is 11.3 Å². The summed E-state index contributed by atoms with van der Waals surface area (Å²) in [6.45, 7) is 1.56. The molecule has 1 aliphatic rings. The molecule has 0 aliphatic heterocycles. The first-order valence-corrected chi connectivity index (χ1v) is 6.80. The van der Waals surface area contributed by atoms with E-state index in [-0.39, 0.29) is 5.54 Å². The van der Waals surface area contributed by atoms with Crippen molar-refractivity contribution in [1.82, 2.24) is 5.32 Å². The minimum Gasteiger partial charge on any atom is -0.381 e. The maximum Gasteiger partial charge on any atom is 0.0589 e. The van der Waals surface area contributed by atoms with Crippen molar-refractivity contribution < 1.29 is 4.74 Å². The summed E-state index contributed by atoms with van der Waals surface area (Å²) in [6.07, 6.45) is 4.87. The van der Waals surface area contributed by atoms with Crippen LogP contribution in [0.1, 0.15) is 31.2 Å². The molecule has 3 nitrogen and oxygen atoms in total. The Morgan fingerprint density at radius 2 is 2.17 bits per heavy atom. The van der Waals surface area contributed by atoms with Gasteiger partial charge in [-0.15, -0.1) is 0 Å². The Hall–Kier alpha value is -0.900. The molecule has 18 heavy (non-hydrogen) atoms. The molecule has 1 saturated carbocycles. The zero-order valence-electron chi connectivity index (χ0n) is 11.2. The Kier molecular flexibility index (Phi) is 4.75. The van der Waals surface area contributed by atoms with Gasteiger partial charge in [-0.25, -0.2) is 0 Å². The molecule has 0 spiro atoms. The van der Waals surface area contributed by atoms with Crippen LogP contribution in [0, 0.1) is 0 Å². The summed E-state index contributed by atoms with van der Waals surface area (Å²) < 4.78 is 5.50. The third-order valence-electron chi connectivity index (χ3n) is 4.03. The fraction of sp³-hybridized carbons (Fsp3) is 0.600. The fourth-order valence-electron chi connectivity index (χ4n) is 2.81. The van der Waals surface area contributed by atoms with Gasteiger partial charge in [-0.05, 0) is 31.2 Å². The highest BCUT2D eigenvalue weighted by molar-refractivity contribution is 5.15. The fourth-order valence-corrected chi connectivity index (χ4v) is 2.81. The number of benzene rings is 1. The summed E-state index contributed by atoms with van der Waals surface area (Å²) in [4.78, 5) is 0. The van der Waals surface area contributed by atoms with Gasteiger partial charge in [0.05, 0.1) is 6.10 Å². The van der Waals surface area contributed by atoms with Crippen molar-refractivity contribution in [3.05, 3.63) is 35.9 Å². The second-order valence-corrected chi connectivity index (χ2v) is 5.28. The molecule has 1 aromatic carbocycles. The zero-order valence-corrected chi connectivity index (χ0v) is 11.2. The number of methoxy groups -OCH3 is 1. The van der Waals surface area contributed by atoms with Crippen molar-refractivity contribution in [1.29, 1.82) is 0 Å². The van der Waals surface area contributed by atoms with Gasteiger partial charge in [-0.3, -0.25) is 0 Å². The quantitative estimate of drug-likeness (QED) is 0.838. The van der Waals surface area contributed by atoms with Gasteiger partial charge >= 0.3 is 0 Å². The highest BCUT2D eigenvalue weighted by Crippen LogP contribution is 2.29. The van der Waals surface area contributed by atoms with Crippen LogP contribution in [-0.4, -0.2) is 25.3 Å². The molecular formula is C15H24N2O. The Morgan fingerprint density at radius 1 is 1.39 bits per heavy atom. The Morgan fingerprint density at radius 3 is 2.83 bits per heavy atom. The van der Waals surface area contributed by atoms with Gasteiger partial charge in [-0.1, -0.05) is 30.3 Å². The van der Waals surface area contributed by atoms with Gasteiger partial charge in [0.1, 0.15) is 0 Å². The van der Waals surface area contributed by atoms with E-state index in [1.54, 1.807) is 7.11 Å². The van der Waals surface area contributed by atoms with E-state index in [1.165, 1.54) is 12.0 Å². The van der Waals surface area contributed by atoms with Crippen molar-refractivity contribution in [3.8, 4) is 0 Å². The maximum atomic E-state index is 6.00. The van der Waals surface area contributed by atoms with E-state index in [4.69, 9.17) is 10.5 Å². The first-order valence-electron chi connectivity index (χ1n) is 6.80. The normalized spacial score (nSPS) is 28.2. The highest BCUT2D eigenvalue weighted by atomic mass is 16.5. The lowest BCUT2D eigenvalue weighted by molar-refractivity contribution is 0.0323. The van der Waals surface area contributed by atoms with E-state index in [2.05, 4.69) is 29.6 Å². The smallest absolute Gasteiger partial charge is 0.0589 e. The molecule has 0 aromatic heterocycles. The minimum absolute atomic E-state index is 0.0504. The van der Waals surface area contributed by atoms with Crippen LogP contribution < -0.4 is 11.1 Å². The van der Waals surface area contributed by atoms with Gasteiger partial charge in [-0.2, -0.15) is 0 Å². The summed E-state index contributed by atoms with van der Waals surface area (Å²) in [6, 6.07) is 10.5. The van der Waals surface area contributed by atoms with Gasteiger partial charge in [0.15, 0.2) is 0 Å². The van der Waals surface area contributed by atoms with Gasteiger partial charge in [0.2, 0.25) is 0 Å². The van der Waals surface area contributed by atoms with Gasteiger partial charge < -0.3 is 15.8 Å². The SMILES string of the molecule is COC1CCCC(CN)(NCc2ccccc2)C1. The second-order valence-electron chi connectivity index (χ2n) is 5.28. The van der Waals surface area contributed by atoms with E-state index in [1.807, 2.05) is 6.07 Å². The molecular weight excluding hydrogens is 224 g/mol. The summed E-state index contributed by atoms with van der Waals surface area (Å²) in [5.74, 6) is 0. The van der Waals surface area contributed by atoms with Crippen LogP contribution in [0.15, 0.2) is 30.3 Å². The van der Waals surface area contributed by atoms with E-state index in [9.17, 15) is 0 Å². The monoisotopic (exact) mass is 248 g/mol. The van der Waals surface area contributed by atoms with E-state index >= 15 is 0 Å². The molecule has 2 unspecified atom stereocenters. The molecule has 2 atom stereocenters. The lowest BCUT2D eigenvalue weighted by atomic mass is 9.80. The van der Waals surface area contributed by atoms with Crippen LogP contribution in [0.2, 0.25) is 0 Å². The number of nitrogens with one attached hydrogen (secondary N) is 1. The molecule has 2 rings (SSSR count). The van der Waals surface area contributed by atoms with Crippen molar-refractivity contribution in [3.63, 3.8) is 0 Å². The molecule has 0 amide bonds. The lowest BCUT2D eigenvalue weighted by Crippen LogP contribution is -2.54.